The molecular formula is C39H42F3N7O5. The molecule has 2 atom stereocenters. The zero-order valence-electron chi connectivity index (χ0n) is 29.9. The number of carbonyl (C=O) groups is 2. The van der Waals surface area contributed by atoms with E-state index in [2.05, 4.69) is 61.7 Å². The van der Waals surface area contributed by atoms with E-state index in [1.165, 1.54) is 10.9 Å². The third-order valence-corrected chi connectivity index (χ3v) is 9.61. The van der Waals surface area contributed by atoms with Crippen molar-refractivity contribution in [3.05, 3.63) is 107 Å². The summed E-state index contributed by atoms with van der Waals surface area (Å²) >= 11 is 0. The number of para-hydroxylation sites is 2. The molecule has 12 nitrogen and oxygen atoms in total. The summed E-state index contributed by atoms with van der Waals surface area (Å²) in [7, 11) is 3.32. The third kappa shape index (κ3) is 8.85. The number of fused-ring (bicyclic) bond motifs is 2. The first-order chi connectivity index (χ1) is 26.0. The van der Waals surface area contributed by atoms with Gasteiger partial charge in [0.25, 0.3) is 0 Å². The van der Waals surface area contributed by atoms with Crippen LogP contribution in [0, 0.1) is 5.92 Å². The van der Waals surface area contributed by atoms with E-state index in [1.807, 2.05) is 42.6 Å². The first kappa shape index (κ1) is 37.9. The molecule has 0 radical (unpaired) electrons. The Labute approximate surface area is 309 Å². The predicted octanol–water partition coefficient (Wildman–Crippen LogP) is 6.12. The van der Waals surface area contributed by atoms with Gasteiger partial charge in [-0.2, -0.15) is 13.2 Å². The predicted molar refractivity (Wildman–Crippen MR) is 197 cm³/mol. The van der Waals surface area contributed by atoms with Gasteiger partial charge in [0.2, 0.25) is 5.91 Å². The lowest BCUT2D eigenvalue weighted by Gasteiger charge is -2.26. The number of methoxy groups -OCH3 is 2. The summed E-state index contributed by atoms with van der Waals surface area (Å²) in [6.45, 7) is 2.10. The number of aromatic nitrogens is 5. The van der Waals surface area contributed by atoms with E-state index in [0.29, 0.717) is 25.9 Å². The molecule has 5 N–H and O–H groups in total. The van der Waals surface area contributed by atoms with Crippen molar-refractivity contribution in [2.24, 2.45) is 5.92 Å². The third-order valence-electron chi connectivity index (χ3n) is 9.61. The van der Waals surface area contributed by atoms with Crippen LogP contribution in [0.3, 0.4) is 0 Å². The van der Waals surface area contributed by atoms with Crippen LogP contribution in [0.1, 0.15) is 47.2 Å². The lowest BCUT2D eigenvalue weighted by atomic mass is 9.97. The fourth-order valence-electron chi connectivity index (χ4n) is 6.79. The molecule has 0 saturated carbocycles. The number of nitrogens with one attached hydrogen (secondary N) is 4. The Hall–Kier alpha value is -5.83. The number of aryl methyl sites for hydroxylation is 2. The number of hydrogen-bond donors (Lipinski definition) is 5. The number of carbonyl (C=O) groups excluding carboxylic acids is 1. The molecule has 54 heavy (non-hydrogen) atoms. The first-order valence-corrected chi connectivity index (χ1v) is 17.6. The molecule has 1 aliphatic rings. The van der Waals surface area contributed by atoms with Crippen LogP contribution in [0.5, 0.6) is 11.5 Å². The average molecular weight is 746 g/mol. The van der Waals surface area contributed by atoms with Crippen LogP contribution in [-0.2, 0) is 35.4 Å². The van der Waals surface area contributed by atoms with Gasteiger partial charge in [-0.3, -0.25) is 4.79 Å². The van der Waals surface area contributed by atoms with E-state index >= 15 is 0 Å². The van der Waals surface area contributed by atoms with E-state index < -0.39 is 18.2 Å². The van der Waals surface area contributed by atoms with Crippen molar-refractivity contribution in [3.8, 4) is 11.5 Å². The number of rotatable bonds is 12. The second kappa shape index (κ2) is 16.9. The minimum atomic E-state index is -5.08. The lowest BCUT2D eigenvalue weighted by molar-refractivity contribution is -0.192. The van der Waals surface area contributed by atoms with Crippen molar-refractivity contribution >= 4 is 33.7 Å². The molecule has 1 unspecified atom stereocenters. The number of hydrogen-bond acceptors (Lipinski definition) is 7. The van der Waals surface area contributed by atoms with E-state index in [-0.39, 0.29) is 11.8 Å². The number of nitrogens with zero attached hydrogens (tertiary/aromatic N) is 3. The van der Waals surface area contributed by atoms with Gasteiger partial charge in [0.15, 0.2) is 5.82 Å². The van der Waals surface area contributed by atoms with Gasteiger partial charge in [-0.15, -0.1) is 10.2 Å². The molecule has 284 valence electrons. The topological polar surface area (TPSA) is 159 Å². The Morgan fingerprint density at radius 3 is 2.22 bits per heavy atom. The van der Waals surface area contributed by atoms with Crippen LogP contribution in [0.4, 0.5) is 13.2 Å². The van der Waals surface area contributed by atoms with Crippen LogP contribution in [0.25, 0.3) is 21.8 Å². The zero-order valence-corrected chi connectivity index (χ0v) is 29.9. The fraction of sp³-hybridized carbons (Fsp3) is 0.333. The van der Waals surface area contributed by atoms with Crippen LogP contribution < -0.4 is 20.1 Å². The van der Waals surface area contributed by atoms with E-state index in [9.17, 15) is 18.0 Å². The Kier molecular flexibility index (Phi) is 11.9. The normalized spacial score (nSPS) is 15.0. The minimum absolute atomic E-state index is 0.0407. The molecule has 3 aromatic carbocycles. The quantitative estimate of drug-likeness (QED) is 0.100. The van der Waals surface area contributed by atoms with E-state index in [4.69, 9.17) is 29.6 Å². The van der Waals surface area contributed by atoms with Crippen LogP contribution in [0.2, 0.25) is 0 Å². The molecule has 1 aliphatic heterocycles. The van der Waals surface area contributed by atoms with Crippen molar-refractivity contribution in [2.45, 2.75) is 50.9 Å². The highest BCUT2D eigenvalue weighted by atomic mass is 19.4. The summed E-state index contributed by atoms with van der Waals surface area (Å²) in [6, 6.07) is 22.1. The number of carboxylic acid groups (broad SMARTS) is 1. The molecule has 0 aliphatic carbocycles. The summed E-state index contributed by atoms with van der Waals surface area (Å²) in [4.78, 5) is 29.5. The number of H-pyrrole nitrogens is 2. The van der Waals surface area contributed by atoms with E-state index in [1.54, 1.807) is 14.2 Å². The molecule has 1 amide bonds. The number of benzene rings is 3. The molecule has 6 aromatic rings. The van der Waals surface area contributed by atoms with Crippen molar-refractivity contribution < 1.29 is 37.3 Å². The van der Waals surface area contributed by atoms with Crippen LogP contribution >= 0.6 is 0 Å². The van der Waals surface area contributed by atoms with Crippen molar-refractivity contribution in [3.63, 3.8) is 0 Å². The van der Waals surface area contributed by atoms with Crippen LogP contribution in [0.15, 0.2) is 79.1 Å². The van der Waals surface area contributed by atoms with E-state index in [0.717, 1.165) is 76.5 Å². The van der Waals surface area contributed by atoms with Gasteiger partial charge >= 0.3 is 12.1 Å². The molecule has 0 spiro atoms. The molecule has 1 saturated heterocycles. The number of alkyl halides is 3. The fourth-order valence-corrected chi connectivity index (χ4v) is 6.79. The molecule has 1 fully saturated rings. The monoisotopic (exact) mass is 745 g/mol. The smallest absolute Gasteiger partial charge is 0.490 e. The lowest BCUT2D eigenvalue weighted by Crippen LogP contribution is -2.42. The summed E-state index contributed by atoms with van der Waals surface area (Å²) < 4.78 is 45.2. The molecular weight excluding hydrogens is 703 g/mol. The molecule has 3 aromatic heterocycles. The Bertz CT molecular complexity index is 2200. The van der Waals surface area contributed by atoms with Gasteiger partial charge in [0.05, 0.1) is 32.7 Å². The number of piperidine rings is 1. The highest BCUT2D eigenvalue weighted by molar-refractivity contribution is 5.84. The zero-order chi connectivity index (χ0) is 38.2. The SMILES string of the molecule is COc1ccc(Cn2c(CCc3c[nH]c4ccccc34)nnc2[C@@H](Cc2c[nH]c3ccccc23)NC(=O)C2CCCNC2)c(OC)c1.O=C(O)C(F)(F)F. The summed E-state index contributed by atoms with van der Waals surface area (Å²) in [5, 5.41) is 25.9. The summed E-state index contributed by atoms with van der Waals surface area (Å²) in [5.41, 5.74) is 5.49. The highest BCUT2D eigenvalue weighted by Gasteiger charge is 2.38. The van der Waals surface area contributed by atoms with Crippen molar-refractivity contribution in [2.75, 3.05) is 27.3 Å². The number of carboxylic acids is 1. The standard InChI is InChI=1S/C37H41N7O3.C2HF3O2/c1-46-28-15-13-26(34(19-28)47-2)23-44-35(16-14-24-21-39-31-11-5-3-9-29(24)31)42-43-36(44)33(41-37(45)25-8-7-17-38-20-25)18-27-22-40-32-12-6-4-10-30(27)32;3-2(4,5)1(6)7/h3-6,9-13,15,19,21-22,25,33,38-40H,7-8,14,16-18,20,23H2,1-2H3,(H,41,45);(H,6,7)/t25?,33-;/m1./s1. The van der Waals surface area contributed by atoms with Gasteiger partial charge in [-0.1, -0.05) is 36.4 Å². The second-order valence-corrected chi connectivity index (χ2v) is 13.1. The summed E-state index contributed by atoms with van der Waals surface area (Å²) in [5.74, 6) is 0.205. The number of amides is 1. The first-order valence-electron chi connectivity index (χ1n) is 17.6. The second-order valence-electron chi connectivity index (χ2n) is 13.1. The van der Waals surface area contributed by atoms with Gasteiger partial charge in [-0.25, -0.2) is 4.79 Å². The van der Waals surface area contributed by atoms with Gasteiger partial charge in [0, 0.05) is 65.2 Å². The number of ether oxygens (including phenoxy) is 2. The number of aromatic amines is 2. The molecule has 0 bridgehead atoms. The Morgan fingerprint density at radius 1 is 0.926 bits per heavy atom. The Morgan fingerprint density at radius 2 is 1.59 bits per heavy atom. The molecule has 15 heteroatoms. The highest BCUT2D eigenvalue weighted by Crippen LogP contribution is 2.30. The van der Waals surface area contributed by atoms with Gasteiger partial charge in [0.1, 0.15) is 17.3 Å². The van der Waals surface area contributed by atoms with Gasteiger partial charge < -0.3 is 39.7 Å². The Balaban J connectivity index is 0.000000649. The maximum atomic E-state index is 13.8. The largest absolute Gasteiger partial charge is 0.497 e. The van der Waals surface area contributed by atoms with Crippen LogP contribution in [-0.4, -0.2) is 75.2 Å². The van der Waals surface area contributed by atoms with Gasteiger partial charge in [-0.05, 0) is 61.2 Å². The number of halogens is 3. The maximum Gasteiger partial charge on any atom is 0.490 e. The summed E-state index contributed by atoms with van der Waals surface area (Å²) in [6.07, 6.45) is 2.91. The minimum Gasteiger partial charge on any atom is -0.497 e. The number of aliphatic carboxylic acids is 1. The average Bonchev–Trinajstić information content (AvgIpc) is 3.91. The molecule has 7 rings (SSSR count). The van der Waals surface area contributed by atoms with Crippen molar-refractivity contribution in [1.29, 1.82) is 0 Å². The maximum absolute atomic E-state index is 13.8. The van der Waals surface area contributed by atoms with Crippen molar-refractivity contribution in [1.82, 2.24) is 35.4 Å². The molecule has 4 heterocycles.